The third-order valence-electron chi connectivity index (χ3n) is 5.19. The first-order chi connectivity index (χ1) is 10.6. The molecule has 2 atom stereocenters. The number of carbonyl (C=O) groups excluding carboxylic acids is 1. The van der Waals surface area contributed by atoms with Gasteiger partial charge in [0.05, 0.1) is 0 Å². The first-order valence-corrected chi connectivity index (χ1v) is 8.37. The summed E-state index contributed by atoms with van der Waals surface area (Å²) in [5, 5.41) is 0. The fourth-order valence-electron chi connectivity index (χ4n) is 3.75. The predicted octanol–water partition coefficient (Wildman–Crippen LogP) is 5.05. The van der Waals surface area contributed by atoms with Crippen LogP contribution in [0.5, 0.6) is 0 Å². The zero-order valence-electron chi connectivity index (χ0n) is 14.8. The zero-order valence-corrected chi connectivity index (χ0v) is 14.8. The van der Waals surface area contributed by atoms with Crippen molar-refractivity contribution >= 4 is 5.78 Å². The van der Waals surface area contributed by atoms with Gasteiger partial charge < -0.3 is 4.74 Å². The van der Waals surface area contributed by atoms with Gasteiger partial charge >= 0.3 is 0 Å². The largest absolute Gasteiger partial charge is 0.478 e. The van der Waals surface area contributed by atoms with Crippen molar-refractivity contribution < 1.29 is 9.53 Å². The average molecular weight is 310 g/mol. The van der Waals surface area contributed by atoms with Gasteiger partial charge in [-0.05, 0) is 41.9 Å². The van der Waals surface area contributed by atoms with Crippen molar-refractivity contribution in [3.8, 4) is 0 Å². The number of rotatable bonds is 0. The first kappa shape index (κ1) is 16.0. The molecule has 122 valence electrons. The lowest BCUT2D eigenvalue weighted by molar-refractivity contribution is -0.127. The molecule has 3 rings (SSSR count). The maximum Gasteiger partial charge on any atom is 0.210 e. The third-order valence-corrected chi connectivity index (χ3v) is 5.19. The predicted molar refractivity (Wildman–Crippen MR) is 93.8 cm³/mol. The van der Waals surface area contributed by atoms with E-state index >= 15 is 0 Å². The van der Waals surface area contributed by atoms with E-state index in [0.717, 1.165) is 40.9 Å². The van der Waals surface area contributed by atoms with E-state index in [1.165, 1.54) is 0 Å². The van der Waals surface area contributed by atoms with Gasteiger partial charge in [0.2, 0.25) is 5.78 Å². The molecule has 2 heteroatoms. The first-order valence-electron chi connectivity index (χ1n) is 8.37. The number of hydrogen-bond acceptors (Lipinski definition) is 2. The second-order valence-electron chi connectivity index (χ2n) is 7.96. The Hall–Kier alpha value is -1.83. The quantitative estimate of drug-likeness (QED) is 0.625. The van der Waals surface area contributed by atoms with E-state index in [1.807, 2.05) is 6.92 Å². The van der Waals surface area contributed by atoms with Crippen LogP contribution in [0.4, 0.5) is 0 Å². The van der Waals surface area contributed by atoms with Crippen molar-refractivity contribution in [2.45, 2.75) is 53.1 Å². The van der Waals surface area contributed by atoms with E-state index in [9.17, 15) is 4.79 Å². The number of fused-ring (bicyclic) bond motifs is 1. The molecule has 2 heterocycles. The van der Waals surface area contributed by atoms with Crippen LogP contribution in [0.3, 0.4) is 0 Å². The Balaban J connectivity index is 2.17. The second kappa shape index (κ2) is 5.09. The van der Waals surface area contributed by atoms with Gasteiger partial charge in [-0.3, -0.25) is 4.79 Å². The van der Waals surface area contributed by atoms with E-state index in [4.69, 9.17) is 4.74 Å². The van der Waals surface area contributed by atoms with Crippen molar-refractivity contribution in [2.75, 3.05) is 0 Å². The summed E-state index contributed by atoms with van der Waals surface area (Å²) < 4.78 is 6.37. The van der Waals surface area contributed by atoms with Crippen LogP contribution in [-0.4, -0.2) is 11.4 Å². The molecule has 23 heavy (non-hydrogen) atoms. The molecule has 0 saturated heterocycles. The minimum atomic E-state index is -0.805. The minimum absolute atomic E-state index is 0.0793. The van der Waals surface area contributed by atoms with Crippen LogP contribution in [0, 0.1) is 11.3 Å². The van der Waals surface area contributed by atoms with E-state index in [2.05, 4.69) is 58.6 Å². The molecule has 0 aromatic carbocycles. The zero-order chi connectivity index (χ0) is 17.0. The molecule has 1 spiro atoms. The smallest absolute Gasteiger partial charge is 0.210 e. The highest BCUT2D eigenvalue weighted by molar-refractivity contribution is 6.07. The molecular formula is C21H26O2. The van der Waals surface area contributed by atoms with Crippen LogP contribution in [0.2, 0.25) is 0 Å². The molecule has 1 aliphatic carbocycles. The number of hydrogen-bond donors (Lipinski definition) is 0. The fourth-order valence-corrected chi connectivity index (χ4v) is 3.75. The van der Waals surface area contributed by atoms with Crippen LogP contribution in [0.25, 0.3) is 0 Å². The molecule has 3 aliphatic rings. The van der Waals surface area contributed by atoms with Crippen molar-refractivity contribution in [1.29, 1.82) is 0 Å². The average Bonchev–Trinajstić information content (AvgIpc) is 2.88. The second-order valence-corrected chi connectivity index (χ2v) is 7.96. The maximum absolute atomic E-state index is 13.1. The SMILES string of the molecule is C=C1/C=C/C(C)(C)CC2=C(C)C(=O)[C@]3(C[C@@H](C)C=C3/C=C\1C)O2. The van der Waals surface area contributed by atoms with Gasteiger partial charge in [-0.2, -0.15) is 0 Å². The molecule has 2 aliphatic heterocycles. The highest BCUT2D eigenvalue weighted by Gasteiger charge is 2.53. The maximum atomic E-state index is 13.1. The van der Waals surface area contributed by atoms with Crippen LogP contribution in [0.1, 0.15) is 47.5 Å². The summed E-state index contributed by atoms with van der Waals surface area (Å²) in [7, 11) is 0. The van der Waals surface area contributed by atoms with E-state index in [-0.39, 0.29) is 11.2 Å². The van der Waals surface area contributed by atoms with E-state index < -0.39 is 5.60 Å². The molecule has 0 radical (unpaired) electrons. The Bertz CT molecular complexity index is 712. The molecule has 2 nitrogen and oxygen atoms in total. The lowest BCUT2D eigenvalue weighted by Crippen LogP contribution is -2.37. The monoisotopic (exact) mass is 310 g/mol. The molecule has 0 saturated carbocycles. The van der Waals surface area contributed by atoms with Crippen molar-refractivity contribution in [3.05, 3.63) is 58.9 Å². The third kappa shape index (κ3) is 2.54. The number of Topliss-reactive ketones (excluding diaryl/α,β-unsaturated/α-hetero) is 1. The molecule has 0 aromatic rings. The van der Waals surface area contributed by atoms with Gasteiger partial charge in [0, 0.05) is 18.4 Å². The van der Waals surface area contributed by atoms with Gasteiger partial charge in [-0.25, -0.2) is 0 Å². The number of ketones is 1. The molecular weight excluding hydrogens is 284 g/mol. The van der Waals surface area contributed by atoms with E-state index in [1.54, 1.807) is 0 Å². The van der Waals surface area contributed by atoms with E-state index in [0.29, 0.717) is 5.92 Å². The number of ether oxygens (including phenoxy) is 1. The highest BCUT2D eigenvalue weighted by Crippen LogP contribution is 2.49. The molecule has 2 bridgehead atoms. The number of carbonyl (C=O) groups is 1. The minimum Gasteiger partial charge on any atom is -0.478 e. The van der Waals surface area contributed by atoms with Crippen LogP contribution in [-0.2, 0) is 9.53 Å². The Morgan fingerprint density at radius 2 is 2.00 bits per heavy atom. The van der Waals surface area contributed by atoms with Crippen LogP contribution in [0.15, 0.2) is 58.9 Å². The summed E-state index contributed by atoms with van der Waals surface area (Å²) in [6, 6.07) is 0. The molecule has 0 N–H and O–H groups in total. The summed E-state index contributed by atoms with van der Waals surface area (Å²) >= 11 is 0. The molecule has 0 unspecified atom stereocenters. The summed E-state index contributed by atoms with van der Waals surface area (Å²) in [6.45, 7) is 14.6. The number of allylic oxidation sites excluding steroid dienone is 6. The summed E-state index contributed by atoms with van der Waals surface area (Å²) in [5.41, 5.74) is 2.98. The Morgan fingerprint density at radius 1 is 1.30 bits per heavy atom. The van der Waals surface area contributed by atoms with Gasteiger partial charge in [-0.15, -0.1) is 0 Å². The normalized spacial score (nSPS) is 36.7. The molecule has 0 amide bonds. The highest BCUT2D eigenvalue weighted by atomic mass is 16.5. The Labute approximate surface area is 139 Å². The fraction of sp³-hybridized carbons (Fsp3) is 0.476. The van der Waals surface area contributed by atoms with Crippen molar-refractivity contribution in [3.63, 3.8) is 0 Å². The lowest BCUT2D eigenvalue weighted by Gasteiger charge is -2.28. The topological polar surface area (TPSA) is 26.3 Å². The van der Waals surface area contributed by atoms with Gasteiger partial charge in [-0.1, -0.05) is 51.7 Å². The summed E-state index contributed by atoms with van der Waals surface area (Å²) in [4.78, 5) is 13.1. The molecule has 0 aromatic heterocycles. The van der Waals surface area contributed by atoms with Crippen molar-refractivity contribution in [1.82, 2.24) is 0 Å². The van der Waals surface area contributed by atoms with Gasteiger partial charge in [0.25, 0.3) is 0 Å². The Morgan fingerprint density at radius 3 is 2.70 bits per heavy atom. The van der Waals surface area contributed by atoms with Crippen LogP contribution < -0.4 is 0 Å². The van der Waals surface area contributed by atoms with Gasteiger partial charge in [0.1, 0.15) is 5.76 Å². The summed E-state index contributed by atoms with van der Waals surface area (Å²) in [6.07, 6.45) is 9.99. The van der Waals surface area contributed by atoms with Crippen LogP contribution >= 0.6 is 0 Å². The summed E-state index contributed by atoms with van der Waals surface area (Å²) in [5.74, 6) is 1.33. The lowest BCUT2D eigenvalue weighted by atomic mass is 9.83. The standard InChI is InChI=1S/C21H26O2/c1-13-9-17-10-15(3)14(2)7-8-20(5,6)12-18-16(4)19(22)21(17,11-13)23-18/h7-10,13H,2,11-12H2,1,3-6H3/b8-7+,15-10-/t13-,21+/m0/s1. The Kier molecular flexibility index (Phi) is 3.55. The van der Waals surface area contributed by atoms with Crippen molar-refractivity contribution in [2.24, 2.45) is 11.3 Å². The van der Waals surface area contributed by atoms with Gasteiger partial charge in [0.15, 0.2) is 5.60 Å². The molecule has 0 fully saturated rings.